The molecule has 0 saturated carbocycles. The van der Waals surface area contributed by atoms with Crippen LogP contribution >= 0.6 is 0 Å². The van der Waals surface area contributed by atoms with E-state index in [2.05, 4.69) is 15.0 Å². The van der Waals surface area contributed by atoms with Crippen molar-refractivity contribution in [3.8, 4) is 0 Å². The Labute approximate surface area is 163 Å². The van der Waals surface area contributed by atoms with Crippen molar-refractivity contribution in [1.82, 2.24) is 0 Å². The molecule has 0 aromatic rings. The molecule has 0 spiro atoms. The molecule has 0 radical (unpaired) electrons. The number of hydrogen-bond donors (Lipinski definition) is 1. The summed E-state index contributed by atoms with van der Waals surface area (Å²) in [4.78, 5) is 33.2. The van der Waals surface area contributed by atoms with Crippen LogP contribution in [-0.4, -0.2) is 23.1 Å². The molecule has 2 unspecified atom stereocenters. The Morgan fingerprint density at radius 3 is 1.81 bits per heavy atom. The van der Waals surface area contributed by atoms with Gasteiger partial charge in [-0.15, -0.1) is 0 Å². The van der Waals surface area contributed by atoms with E-state index in [9.17, 15) is 14.7 Å². The van der Waals surface area contributed by atoms with Crippen LogP contribution in [0.3, 0.4) is 0 Å². The highest BCUT2D eigenvalue weighted by Crippen LogP contribution is 2.40. The van der Waals surface area contributed by atoms with Gasteiger partial charge in [0.25, 0.3) is 0 Å². The smallest absolute Gasteiger partial charge is 0.349 e. The minimum Gasteiger partial charge on any atom is -0.393 e. The molecule has 0 rings (SSSR count). The van der Waals surface area contributed by atoms with Crippen LogP contribution in [0, 0.1) is 22.2 Å². The Morgan fingerprint density at radius 1 is 0.852 bits per heavy atom. The largest absolute Gasteiger partial charge is 0.393 e. The summed E-state index contributed by atoms with van der Waals surface area (Å²) in [5.41, 5.74) is -0.673. The summed E-state index contributed by atoms with van der Waals surface area (Å²) >= 11 is 0. The molecular weight excluding hydrogens is 352 g/mol. The fraction of sp³-hybridized carbons (Fsp3) is 0.900. The number of carbonyl (C=O) groups is 2. The van der Waals surface area contributed by atoms with E-state index in [4.69, 9.17) is 4.89 Å². The number of carbonyl (C=O) groups excluding carboxylic acids is 2. The van der Waals surface area contributed by atoms with Gasteiger partial charge in [0.1, 0.15) is 0 Å². The second-order valence-electron chi connectivity index (χ2n) is 10.4. The van der Waals surface area contributed by atoms with Crippen molar-refractivity contribution in [3.63, 3.8) is 0 Å². The van der Waals surface area contributed by atoms with Crippen molar-refractivity contribution in [3.05, 3.63) is 0 Å². The first-order valence-electron chi connectivity index (χ1n) is 9.46. The third kappa shape index (κ3) is 12.8. The average molecular weight is 391 g/mol. The topological polar surface area (TPSA) is 91.3 Å². The van der Waals surface area contributed by atoms with Gasteiger partial charge in [0.2, 0.25) is 0 Å². The molecule has 0 aliphatic rings. The molecule has 7 nitrogen and oxygen atoms in total. The first kappa shape index (κ1) is 25.8. The Kier molecular flexibility index (Phi) is 9.93. The highest BCUT2D eigenvalue weighted by molar-refractivity contribution is 5.72. The van der Waals surface area contributed by atoms with Crippen LogP contribution in [0.15, 0.2) is 0 Å². The third-order valence-electron chi connectivity index (χ3n) is 4.22. The first-order chi connectivity index (χ1) is 12.0. The zero-order valence-electron chi connectivity index (χ0n) is 18.4. The van der Waals surface area contributed by atoms with E-state index in [-0.39, 0.29) is 17.3 Å². The Morgan fingerprint density at radius 2 is 1.37 bits per heavy atom. The predicted octanol–water partition coefficient (Wildman–Crippen LogP) is 4.53. The first-order valence-corrected chi connectivity index (χ1v) is 9.46. The lowest BCUT2D eigenvalue weighted by molar-refractivity contribution is -0.601. The summed E-state index contributed by atoms with van der Waals surface area (Å²) in [6, 6.07) is 0. The fourth-order valence-electron chi connectivity index (χ4n) is 2.87. The summed E-state index contributed by atoms with van der Waals surface area (Å²) in [6.45, 7) is 17.5. The SMILES string of the molecule is CC(O)CC(C)(C)C(CC(C)(C)C)C(=O)OOOOC(=O)CCC(C)(C)C. The van der Waals surface area contributed by atoms with Crippen molar-refractivity contribution in [2.24, 2.45) is 22.2 Å². The highest BCUT2D eigenvalue weighted by Gasteiger charge is 2.40. The van der Waals surface area contributed by atoms with E-state index >= 15 is 0 Å². The lowest BCUT2D eigenvalue weighted by atomic mass is 9.69. The summed E-state index contributed by atoms with van der Waals surface area (Å²) in [5.74, 6) is -1.78. The molecule has 2 atom stereocenters. The molecule has 0 saturated heterocycles. The molecule has 0 aromatic carbocycles. The lowest BCUT2D eigenvalue weighted by Gasteiger charge is -2.36. The van der Waals surface area contributed by atoms with Gasteiger partial charge in [-0.1, -0.05) is 55.4 Å². The van der Waals surface area contributed by atoms with Crippen LogP contribution in [-0.2, 0) is 29.4 Å². The second-order valence-corrected chi connectivity index (χ2v) is 10.4. The van der Waals surface area contributed by atoms with Gasteiger partial charge in [0.15, 0.2) is 0 Å². The van der Waals surface area contributed by atoms with Crippen LogP contribution in [0.25, 0.3) is 0 Å². The summed E-state index contributed by atoms with van der Waals surface area (Å²) in [6.07, 6.45) is 1.17. The summed E-state index contributed by atoms with van der Waals surface area (Å²) in [7, 11) is 0. The van der Waals surface area contributed by atoms with Gasteiger partial charge in [-0.25, -0.2) is 9.59 Å². The van der Waals surface area contributed by atoms with E-state index in [0.717, 1.165) is 0 Å². The number of aliphatic hydroxyl groups is 1. The maximum Gasteiger partial charge on any atom is 0.349 e. The summed E-state index contributed by atoms with van der Waals surface area (Å²) in [5, 5.41) is 18.3. The second kappa shape index (κ2) is 10.4. The van der Waals surface area contributed by atoms with E-state index in [1.807, 2.05) is 55.4 Å². The third-order valence-corrected chi connectivity index (χ3v) is 4.22. The number of hydrogen-bond acceptors (Lipinski definition) is 7. The molecule has 0 aromatic heterocycles. The van der Waals surface area contributed by atoms with Gasteiger partial charge < -0.3 is 5.11 Å². The maximum absolute atomic E-state index is 12.5. The van der Waals surface area contributed by atoms with Gasteiger partial charge in [-0.2, -0.15) is 0 Å². The standard InChI is InChI=1S/C20H38O7/c1-14(21)12-20(8,9)15(13-19(5,6)7)17(23)25-27-26-24-16(22)10-11-18(2,3)4/h14-15,21H,10-13H2,1-9H3. The van der Waals surface area contributed by atoms with E-state index in [1.165, 1.54) is 0 Å². The molecule has 0 amide bonds. The van der Waals surface area contributed by atoms with Crippen LogP contribution in [0.1, 0.15) is 88.0 Å². The van der Waals surface area contributed by atoms with Gasteiger partial charge in [-0.05, 0) is 42.4 Å². The minimum atomic E-state index is -0.638. The van der Waals surface area contributed by atoms with Crippen LogP contribution in [0.2, 0.25) is 0 Å². The molecule has 1 N–H and O–H groups in total. The summed E-state index contributed by atoms with van der Waals surface area (Å²) < 4.78 is 0. The molecule has 0 heterocycles. The lowest BCUT2D eigenvalue weighted by Crippen LogP contribution is -2.37. The van der Waals surface area contributed by atoms with Gasteiger partial charge in [0, 0.05) is 16.5 Å². The van der Waals surface area contributed by atoms with E-state index in [1.54, 1.807) is 6.92 Å². The number of rotatable bonds is 10. The molecule has 0 aliphatic carbocycles. The van der Waals surface area contributed by atoms with Gasteiger partial charge >= 0.3 is 11.9 Å². The van der Waals surface area contributed by atoms with Gasteiger partial charge in [-0.3, -0.25) is 9.78 Å². The zero-order chi connectivity index (χ0) is 21.5. The molecule has 0 bridgehead atoms. The zero-order valence-corrected chi connectivity index (χ0v) is 18.4. The minimum absolute atomic E-state index is 0.0120. The van der Waals surface area contributed by atoms with Crippen molar-refractivity contribution >= 4 is 11.9 Å². The van der Waals surface area contributed by atoms with E-state index < -0.39 is 29.4 Å². The van der Waals surface area contributed by atoms with Crippen LogP contribution < -0.4 is 0 Å². The fourth-order valence-corrected chi connectivity index (χ4v) is 2.87. The Hall–Kier alpha value is -1.18. The molecule has 0 fully saturated rings. The van der Waals surface area contributed by atoms with Crippen molar-refractivity contribution in [2.75, 3.05) is 0 Å². The van der Waals surface area contributed by atoms with Crippen LogP contribution in [0.5, 0.6) is 0 Å². The van der Waals surface area contributed by atoms with Crippen LogP contribution in [0.4, 0.5) is 0 Å². The van der Waals surface area contributed by atoms with E-state index in [0.29, 0.717) is 19.3 Å². The molecule has 160 valence electrons. The maximum atomic E-state index is 12.5. The molecular formula is C20H38O7. The van der Waals surface area contributed by atoms with Gasteiger partial charge in [0.05, 0.1) is 12.0 Å². The quantitative estimate of drug-likeness (QED) is 0.333. The Bertz CT molecular complexity index is 470. The molecule has 27 heavy (non-hydrogen) atoms. The highest BCUT2D eigenvalue weighted by atomic mass is 17.7. The van der Waals surface area contributed by atoms with Crippen molar-refractivity contribution in [2.45, 2.75) is 94.1 Å². The number of aliphatic hydroxyl groups excluding tert-OH is 1. The predicted molar refractivity (Wildman–Crippen MR) is 101 cm³/mol. The van der Waals surface area contributed by atoms with Crippen molar-refractivity contribution < 1.29 is 34.5 Å². The molecule has 7 heteroatoms. The Balaban J connectivity index is 4.63. The van der Waals surface area contributed by atoms with Crippen molar-refractivity contribution in [1.29, 1.82) is 0 Å². The monoisotopic (exact) mass is 390 g/mol. The normalized spacial score (nSPS) is 15.2. The molecule has 0 aliphatic heterocycles. The average Bonchev–Trinajstić information content (AvgIpc) is 2.43.